The number of aliphatic carboxylic acids is 1. The van der Waals surface area contributed by atoms with Crippen molar-refractivity contribution in [1.29, 1.82) is 0 Å². The van der Waals surface area contributed by atoms with Crippen LogP contribution in [0.5, 0.6) is 0 Å². The monoisotopic (exact) mass is 1060 g/mol. The van der Waals surface area contributed by atoms with Crippen molar-refractivity contribution in [2.24, 2.45) is 0 Å². The Labute approximate surface area is 456 Å². The van der Waals surface area contributed by atoms with Gasteiger partial charge < -0.3 is 39.0 Å². The highest BCUT2D eigenvalue weighted by molar-refractivity contribution is 5.74. The van der Waals surface area contributed by atoms with Crippen molar-refractivity contribution in [3.63, 3.8) is 0 Å². The van der Waals surface area contributed by atoms with Crippen LogP contribution in [0.25, 0.3) is 0 Å². The first-order valence-corrected chi connectivity index (χ1v) is 30.6. The fraction of sp³-hybridized carbons (Fsp3) is 0.810. The molecule has 0 amide bonds. The second-order valence-corrected chi connectivity index (χ2v) is 21.0. The number of allylic oxidation sites excluding steroid dienone is 8. The molecule has 1 saturated heterocycles. The van der Waals surface area contributed by atoms with Crippen molar-refractivity contribution in [2.45, 2.75) is 314 Å². The number of esters is 3. The van der Waals surface area contributed by atoms with Crippen LogP contribution in [0.2, 0.25) is 0 Å². The van der Waals surface area contributed by atoms with E-state index in [1.165, 1.54) is 103 Å². The Morgan fingerprint density at radius 1 is 0.440 bits per heavy atom. The summed E-state index contributed by atoms with van der Waals surface area (Å²) in [6.07, 6.45) is 49.3. The molecule has 0 aromatic rings. The normalized spacial score (nSPS) is 18.4. The number of carbonyl (C=O) groups is 4. The maximum Gasteiger partial charge on any atom is 0.335 e. The number of carbonyl (C=O) groups excluding carboxylic acids is 3. The highest BCUT2D eigenvalue weighted by Crippen LogP contribution is 2.26. The van der Waals surface area contributed by atoms with Crippen LogP contribution in [-0.2, 0) is 42.9 Å². The van der Waals surface area contributed by atoms with E-state index in [1.54, 1.807) is 0 Å². The van der Waals surface area contributed by atoms with E-state index in [2.05, 4.69) is 69.4 Å². The molecule has 6 unspecified atom stereocenters. The lowest BCUT2D eigenvalue weighted by atomic mass is 9.98. The molecule has 0 bridgehead atoms. The quantitative estimate of drug-likeness (QED) is 0.0228. The van der Waals surface area contributed by atoms with Gasteiger partial charge in [-0.05, 0) is 83.5 Å². The van der Waals surface area contributed by atoms with Gasteiger partial charge in [-0.1, -0.05) is 223 Å². The molecule has 1 aliphatic heterocycles. The van der Waals surface area contributed by atoms with Gasteiger partial charge in [0.15, 0.2) is 24.6 Å². The van der Waals surface area contributed by atoms with Crippen molar-refractivity contribution < 1.29 is 58.2 Å². The molecule has 0 spiro atoms. The fourth-order valence-corrected chi connectivity index (χ4v) is 9.13. The highest BCUT2D eigenvalue weighted by atomic mass is 16.7. The zero-order valence-corrected chi connectivity index (χ0v) is 47.8. The van der Waals surface area contributed by atoms with E-state index < -0.39 is 67.3 Å². The summed E-state index contributed by atoms with van der Waals surface area (Å²) in [5.41, 5.74) is 0. The van der Waals surface area contributed by atoms with Crippen LogP contribution in [0.1, 0.15) is 278 Å². The van der Waals surface area contributed by atoms with Gasteiger partial charge in [0.2, 0.25) is 0 Å². The van der Waals surface area contributed by atoms with Gasteiger partial charge in [0.05, 0.1) is 6.61 Å². The number of carboxylic acid groups (broad SMARTS) is 1. The lowest BCUT2D eigenvalue weighted by Crippen LogP contribution is -2.61. The van der Waals surface area contributed by atoms with Crippen LogP contribution in [0.3, 0.4) is 0 Å². The van der Waals surface area contributed by atoms with Gasteiger partial charge in [-0.25, -0.2) is 4.79 Å². The average molecular weight is 1060 g/mol. The number of hydrogen-bond donors (Lipinski definition) is 3. The molecular formula is C63H110O12. The molecule has 1 heterocycles. The lowest BCUT2D eigenvalue weighted by molar-refractivity contribution is -0.301. The molecule has 3 N–H and O–H groups in total. The molecule has 0 radical (unpaired) electrons. The molecule has 434 valence electrons. The Balaban J connectivity index is 2.66. The summed E-state index contributed by atoms with van der Waals surface area (Å²) in [7, 11) is 0. The van der Waals surface area contributed by atoms with E-state index in [4.69, 9.17) is 23.7 Å². The summed E-state index contributed by atoms with van der Waals surface area (Å²) in [5.74, 6) is -3.12. The number of rotatable bonds is 52. The molecule has 0 saturated carbocycles. The van der Waals surface area contributed by atoms with Gasteiger partial charge in [0.1, 0.15) is 18.8 Å². The molecule has 75 heavy (non-hydrogen) atoms. The fourth-order valence-electron chi connectivity index (χ4n) is 9.13. The molecule has 0 aliphatic carbocycles. The number of carboxylic acids is 1. The SMILES string of the molecule is CCCCC/C=C\C/C=C\CCCCCCCCCC(=O)OCC(COC1OC(C(=O)O)C(O)C(O)C1OC(=O)CCCCCCCCC/C=C\C/C=C\CCCCC)OC(=O)CCCCCCCCCCCCC. The highest BCUT2D eigenvalue weighted by Gasteiger charge is 2.50. The maximum atomic E-state index is 13.1. The largest absolute Gasteiger partial charge is 0.479 e. The first-order chi connectivity index (χ1) is 36.6. The Morgan fingerprint density at radius 2 is 0.800 bits per heavy atom. The number of unbranched alkanes of at least 4 members (excludes halogenated alkanes) is 30. The van der Waals surface area contributed by atoms with Crippen molar-refractivity contribution in [3.8, 4) is 0 Å². The van der Waals surface area contributed by atoms with E-state index in [1.807, 2.05) is 0 Å². The summed E-state index contributed by atoms with van der Waals surface area (Å²) in [6, 6.07) is 0. The summed E-state index contributed by atoms with van der Waals surface area (Å²) < 4.78 is 28.4. The molecule has 1 fully saturated rings. The molecule has 0 aromatic carbocycles. The van der Waals surface area contributed by atoms with Gasteiger partial charge in [0.25, 0.3) is 0 Å². The molecular weight excluding hydrogens is 949 g/mol. The zero-order valence-electron chi connectivity index (χ0n) is 47.8. The van der Waals surface area contributed by atoms with Gasteiger partial charge in [-0.3, -0.25) is 14.4 Å². The van der Waals surface area contributed by atoms with Crippen LogP contribution in [0.4, 0.5) is 0 Å². The predicted octanol–water partition coefficient (Wildman–Crippen LogP) is 15.8. The average Bonchev–Trinajstić information content (AvgIpc) is 3.39. The van der Waals surface area contributed by atoms with Crippen molar-refractivity contribution >= 4 is 23.9 Å². The third-order valence-corrected chi connectivity index (χ3v) is 13.9. The first kappa shape index (κ1) is 69.7. The topological polar surface area (TPSA) is 175 Å². The summed E-state index contributed by atoms with van der Waals surface area (Å²) >= 11 is 0. The zero-order chi connectivity index (χ0) is 54.7. The molecule has 1 rings (SSSR count). The van der Waals surface area contributed by atoms with Crippen LogP contribution < -0.4 is 0 Å². The van der Waals surface area contributed by atoms with E-state index in [0.717, 1.165) is 116 Å². The smallest absolute Gasteiger partial charge is 0.335 e. The van der Waals surface area contributed by atoms with Gasteiger partial charge >= 0.3 is 23.9 Å². The predicted molar refractivity (Wildman–Crippen MR) is 303 cm³/mol. The van der Waals surface area contributed by atoms with Gasteiger partial charge in [-0.2, -0.15) is 0 Å². The van der Waals surface area contributed by atoms with Crippen LogP contribution >= 0.6 is 0 Å². The molecule has 12 nitrogen and oxygen atoms in total. The lowest BCUT2D eigenvalue weighted by Gasteiger charge is -2.40. The number of hydrogen-bond acceptors (Lipinski definition) is 11. The minimum Gasteiger partial charge on any atom is -0.479 e. The van der Waals surface area contributed by atoms with Crippen LogP contribution in [0.15, 0.2) is 48.6 Å². The minimum atomic E-state index is -1.90. The van der Waals surface area contributed by atoms with Crippen LogP contribution in [0, 0.1) is 0 Å². The molecule has 1 aliphatic rings. The maximum absolute atomic E-state index is 13.1. The summed E-state index contributed by atoms with van der Waals surface area (Å²) in [5, 5.41) is 31.5. The van der Waals surface area contributed by atoms with Crippen molar-refractivity contribution in [1.82, 2.24) is 0 Å². The van der Waals surface area contributed by atoms with E-state index in [9.17, 15) is 34.5 Å². The second-order valence-electron chi connectivity index (χ2n) is 21.0. The number of aliphatic hydroxyl groups excluding tert-OH is 2. The molecule has 6 atom stereocenters. The van der Waals surface area contributed by atoms with E-state index in [0.29, 0.717) is 19.3 Å². The first-order valence-electron chi connectivity index (χ1n) is 30.6. The van der Waals surface area contributed by atoms with Crippen molar-refractivity contribution in [3.05, 3.63) is 48.6 Å². The van der Waals surface area contributed by atoms with Crippen molar-refractivity contribution in [2.75, 3.05) is 13.2 Å². The Morgan fingerprint density at radius 3 is 1.23 bits per heavy atom. The molecule has 0 aromatic heterocycles. The third kappa shape index (κ3) is 41.5. The second kappa shape index (κ2) is 51.4. The minimum absolute atomic E-state index is 0.0526. The number of aliphatic hydroxyl groups is 2. The van der Waals surface area contributed by atoms with E-state index >= 15 is 0 Å². The number of ether oxygens (including phenoxy) is 5. The van der Waals surface area contributed by atoms with Crippen LogP contribution in [-0.4, -0.2) is 89.2 Å². The Kier molecular flexibility index (Phi) is 47.8. The summed E-state index contributed by atoms with van der Waals surface area (Å²) in [4.78, 5) is 51.1. The summed E-state index contributed by atoms with van der Waals surface area (Å²) in [6.45, 7) is 5.94. The molecule has 12 heteroatoms. The standard InChI is InChI=1S/C63H110O12/c1-4-7-10-13-16-19-22-24-26-28-30-32-35-37-40-43-46-49-55(64)71-52-54(73-56(65)50-47-44-41-38-34-21-18-15-12-9-6-3)53-72-63-61(59(68)58(67)60(75-63)62(69)70)74-57(66)51-48-45-42-39-36-33-31-29-27-25-23-20-17-14-11-8-5-2/h16-17,19-20,24-27,54,58-61,63,67-68H,4-15,18,21-23,28-53H2,1-3H3,(H,69,70)/b19-16-,20-17-,26-24-,27-25-. The Bertz CT molecular complexity index is 1490. The van der Waals surface area contributed by atoms with Gasteiger partial charge in [0, 0.05) is 19.3 Å². The Hall–Kier alpha value is -3.32. The van der Waals surface area contributed by atoms with E-state index in [-0.39, 0.29) is 25.9 Å². The third-order valence-electron chi connectivity index (χ3n) is 13.9. The van der Waals surface area contributed by atoms with Gasteiger partial charge in [-0.15, -0.1) is 0 Å².